The number of hydrogen-bond acceptors (Lipinski definition) is 2. The summed E-state index contributed by atoms with van der Waals surface area (Å²) < 4.78 is 0. The van der Waals surface area contributed by atoms with E-state index in [1.165, 1.54) is 12.1 Å². The molecule has 0 unspecified atom stereocenters. The number of hydrogen-bond donors (Lipinski definition) is 1. The van der Waals surface area contributed by atoms with Gasteiger partial charge in [-0.15, -0.1) is 6.58 Å². The lowest BCUT2D eigenvalue weighted by Crippen LogP contribution is -2.40. The number of nitrogens with zero attached hydrogens (tertiary/aromatic N) is 1. The SMILES string of the molecule is C=CCCC(=O)NC[C@H]1CCCN1c1ccccc1. The van der Waals surface area contributed by atoms with Gasteiger partial charge in [-0.2, -0.15) is 0 Å². The molecule has 1 saturated heterocycles. The molecule has 1 N–H and O–H groups in total. The van der Waals surface area contributed by atoms with E-state index in [1.807, 2.05) is 6.07 Å². The van der Waals surface area contributed by atoms with E-state index in [0.717, 1.165) is 25.9 Å². The van der Waals surface area contributed by atoms with E-state index in [4.69, 9.17) is 0 Å². The van der Waals surface area contributed by atoms with Crippen molar-refractivity contribution in [2.45, 2.75) is 31.7 Å². The van der Waals surface area contributed by atoms with E-state index in [0.29, 0.717) is 12.5 Å². The van der Waals surface area contributed by atoms with Crippen LogP contribution >= 0.6 is 0 Å². The van der Waals surface area contributed by atoms with Crippen molar-refractivity contribution in [3.05, 3.63) is 43.0 Å². The molecule has 1 aromatic carbocycles. The Balaban J connectivity index is 1.86. The van der Waals surface area contributed by atoms with Gasteiger partial charge in [-0.1, -0.05) is 24.3 Å². The monoisotopic (exact) mass is 258 g/mol. The number of carbonyl (C=O) groups is 1. The van der Waals surface area contributed by atoms with Crippen LogP contribution in [-0.4, -0.2) is 25.0 Å². The van der Waals surface area contributed by atoms with Crippen molar-refractivity contribution >= 4 is 11.6 Å². The highest BCUT2D eigenvalue weighted by Crippen LogP contribution is 2.24. The maximum atomic E-state index is 11.6. The molecule has 0 bridgehead atoms. The summed E-state index contributed by atoms with van der Waals surface area (Å²) in [5.41, 5.74) is 1.25. The summed E-state index contributed by atoms with van der Waals surface area (Å²) in [6.45, 7) is 5.46. The highest BCUT2D eigenvalue weighted by Gasteiger charge is 2.24. The first-order valence-corrected chi connectivity index (χ1v) is 7.00. The molecule has 19 heavy (non-hydrogen) atoms. The molecule has 1 aliphatic rings. The van der Waals surface area contributed by atoms with Gasteiger partial charge in [0.15, 0.2) is 0 Å². The fourth-order valence-electron chi connectivity index (χ4n) is 2.56. The fourth-order valence-corrected chi connectivity index (χ4v) is 2.56. The Morgan fingerprint density at radius 3 is 2.95 bits per heavy atom. The van der Waals surface area contributed by atoms with Crippen molar-refractivity contribution < 1.29 is 4.79 Å². The molecule has 0 aliphatic carbocycles. The van der Waals surface area contributed by atoms with Crippen LogP contribution in [0.2, 0.25) is 0 Å². The second-order valence-electron chi connectivity index (χ2n) is 4.96. The summed E-state index contributed by atoms with van der Waals surface area (Å²) in [6.07, 6.45) is 5.42. The predicted octanol–water partition coefficient (Wildman–Crippen LogP) is 2.74. The Morgan fingerprint density at radius 2 is 2.21 bits per heavy atom. The van der Waals surface area contributed by atoms with E-state index < -0.39 is 0 Å². The second-order valence-corrected chi connectivity index (χ2v) is 4.96. The van der Waals surface area contributed by atoms with Crippen LogP contribution in [0.4, 0.5) is 5.69 Å². The standard InChI is InChI=1S/C16H22N2O/c1-2-3-11-16(19)17-13-15-10-7-12-18(15)14-8-5-4-6-9-14/h2,4-6,8-9,15H,1,3,7,10-13H2,(H,17,19)/t15-/m1/s1. The zero-order valence-electron chi connectivity index (χ0n) is 11.3. The lowest BCUT2D eigenvalue weighted by atomic mass is 10.2. The molecule has 0 spiro atoms. The van der Waals surface area contributed by atoms with Crippen molar-refractivity contribution in [3.8, 4) is 0 Å². The first-order chi connectivity index (χ1) is 9.31. The van der Waals surface area contributed by atoms with Crippen LogP contribution in [-0.2, 0) is 4.79 Å². The summed E-state index contributed by atoms with van der Waals surface area (Å²) in [7, 11) is 0. The minimum atomic E-state index is 0.125. The van der Waals surface area contributed by atoms with Gasteiger partial charge in [0.05, 0.1) is 0 Å². The number of para-hydroxylation sites is 1. The van der Waals surface area contributed by atoms with Gasteiger partial charge in [0, 0.05) is 31.2 Å². The number of carbonyl (C=O) groups excluding carboxylic acids is 1. The van der Waals surface area contributed by atoms with Gasteiger partial charge in [-0.25, -0.2) is 0 Å². The maximum absolute atomic E-state index is 11.6. The first kappa shape index (κ1) is 13.7. The van der Waals surface area contributed by atoms with Crippen molar-refractivity contribution in [1.29, 1.82) is 0 Å². The predicted molar refractivity (Wildman–Crippen MR) is 79.3 cm³/mol. The van der Waals surface area contributed by atoms with Gasteiger partial charge < -0.3 is 10.2 Å². The molecular weight excluding hydrogens is 236 g/mol. The Kier molecular flexibility index (Phi) is 5.01. The van der Waals surface area contributed by atoms with E-state index in [1.54, 1.807) is 6.08 Å². The van der Waals surface area contributed by atoms with Crippen LogP contribution in [0.25, 0.3) is 0 Å². The highest BCUT2D eigenvalue weighted by atomic mass is 16.1. The van der Waals surface area contributed by atoms with Crippen LogP contribution in [0.3, 0.4) is 0 Å². The average molecular weight is 258 g/mol. The third kappa shape index (κ3) is 3.85. The Morgan fingerprint density at radius 1 is 1.42 bits per heavy atom. The summed E-state index contributed by atoms with van der Waals surface area (Å²) >= 11 is 0. The lowest BCUT2D eigenvalue weighted by molar-refractivity contribution is -0.121. The number of allylic oxidation sites excluding steroid dienone is 1. The largest absolute Gasteiger partial charge is 0.367 e. The van der Waals surface area contributed by atoms with E-state index in [2.05, 4.69) is 41.1 Å². The summed E-state index contributed by atoms with van der Waals surface area (Å²) in [5.74, 6) is 0.125. The third-order valence-electron chi connectivity index (χ3n) is 3.58. The molecule has 1 fully saturated rings. The molecule has 1 aliphatic heterocycles. The molecule has 0 aromatic heterocycles. The average Bonchev–Trinajstić information content (AvgIpc) is 2.92. The topological polar surface area (TPSA) is 32.3 Å². The van der Waals surface area contributed by atoms with Crippen molar-refractivity contribution in [1.82, 2.24) is 5.32 Å². The lowest BCUT2D eigenvalue weighted by Gasteiger charge is -2.27. The molecule has 1 aromatic rings. The summed E-state index contributed by atoms with van der Waals surface area (Å²) in [6, 6.07) is 10.9. The van der Waals surface area contributed by atoms with Gasteiger partial charge in [0.25, 0.3) is 0 Å². The molecule has 3 nitrogen and oxygen atoms in total. The minimum absolute atomic E-state index is 0.125. The summed E-state index contributed by atoms with van der Waals surface area (Å²) in [5, 5.41) is 3.03. The Labute approximate surface area is 115 Å². The van der Waals surface area contributed by atoms with Gasteiger partial charge in [0.2, 0.25) is 5.91 Å². The van der Waals surface area contributed by atoms with Gasteiger partial charge in [-0.3, -0.25) is 4.79 Å². The van der Waals surface area contributed by atoms with Crippen LogP contribution in [0.15, 0.2) is 43.0 Å². The number of amides is 1. The van der Waals surface area contributed by atoms with Crippen LogP contribution in [0.1, 0.15) is 25.7 Å². The molecule has 1 atom stereocenters. The number of anilines is 1. The highest BCUT2D eigenvalue weighted by molar-refractivity contribution is 5.76. The number of rotatable bonds is 6. The molecule has 1 amide bonds. The van der Waals surface area contributed by atoms with E-state index in [9.17, 15) is 4.79 Å². The van der Waals surface area contributed by atoms with Crippen molar-refractivity contribution in [3.63, 3.8) is 0 Å². The Bertz CT molecular complexity index is 416. The first-order valence-electron chi connectivity index (χ1n) is 7.00. The second kappa shape index (κ2) is 6.98. The van der Waals surface area contributed by atoms with Crippen molar-refractivity contribution in [2.75, 3.05) is 18.0 Å². The number of benzene rings is 1. The fraction of sp³-hybridized carbons (Fsp3) is 0.438. The van der Waals surface area contributed by atoms with Crippen LogP contribution in [0, 0.1) is 0 Å². The molecule has 3 heteroatoms. The van der Waals surface area contributed by atoms with Gasteiger partial charge in [-0.05, 0) is 31.4 Å². The molecule has 0 radical (unpaired) electrons. The Hall–Kier alpha value is -1.77. The minimum Gasteiger partial charge on any atom is -0.367 e. The molecule has 0 saturated carbocycles. The van der Waals surface area contributed by atoms with Gasteiger partial charge in [0.1, 0.15) is 0 Å². The maximum Gasteiger partial charge on any atom is 0.220 e. The molecule has 102 valence electrons. The normalized spacial score (nSPS) is 18.3. The summed E-state index contributed by atoms with van der Waals surface area (Å²) in [4.78, 5) is 14.0. The molecule has 1 heterocycles. The molecule has 2 rings (SSSR count). The quantitative estimate of drug-likeness (QED) is 0.796. The smallest absolute Gasteiger partial charge is 0.220 e. The number of nitrogens with one attached hydrogen (secondary N) is 1. The van der Waals surface area contributed by atoms with Crippen LogP contribution < -0.4 is 10.2 Å². The van der Waals surface area contributed by atoms with E-state index >= 15 is 0 Å². The zero-order chi connectivity index (χ0) is 13.5. The zero-order valence-corrected chi connectivity index (χ0v) is 11.3. The third-order valence-corrected chi connectivity index (χ3v) is 3.58. The van der Waals surface area contributed by atoms with Crippen LogP contribution in [0.5, 0.6) is 0 Å². The molecular formula is C16H22N2O. The van der Waals surface area contributed by atoms with E-state index in [-0.39, 0.29) is 5.91 Å². The van der Waals surface area contributed by atoms with Crippen molar-refractivity contribution in [2.24, 2.45) is 0 Å². The van der Waals surface area contributed by atoms with Gasteiger partial charge >= 0.3 is 0 Å².